The summed E-state index contributed by atoms with van der Waals surface area (Å²) in [5.41, 5.74) is 3.10. The van der Waals surface area contributed by atoms with Crippen molar-refractivity contribution >= 4 is 23.4 Å². The van der Waals surface area contributed by atoms with Crippen LogP contribution in [0.5, 0.6) is 0 Å². The van der Waals surface area contributed by atoms with E-state index in [-0.39, 0.29) is 5.91 Å². The van der Waals surface area contributed by atoms with Crippen molar-refractivity contribution in [3.63, 3.8) is 0 Å². The second kappa shape index (κ2) is 7.58. The third kappa shape index (κ3) is 3.92. The molecule has 0 unspecified atom stereocenters. The average molecular weight is 292 g/mol. The summed E-state index contributed by atoms with van der Waals surface area (Å²) in [5, 5.41) is 3.39. The molecule has 0 aromatic heterocycles. The first-order valence-corrected chi connectivity index (χ1v) is 8.59. The van der Waals surface area contributed by atoms with Crippen molar-refractivity contribution in [1.29, 1.82) is 0 Å². The van der Waals surface area contributed by atoms with Gasteiger partial charge in [0.15, 0.2) is 0 Å². The molecule has 1 fully saturated rings. The predicted molar refractivity (Wildman–Crippen MR) is 87.8 cm³/mol. The summed E-state index contributed by atoms with van der Waals surface area (Å²) in [7, 11) is 0. The maximum atomic E-state index is 12.5. The van der Waals surface area contributed by atoms with Crippen LogP contribution in [0.15, 0.2) is 18.2 Å². The summed E-state index contributed by atoms with van der Waals surface area (Å²) in [6.07, 6.45) is 2.21. The summed E-state index contributed by atoms with van der Waals surface area (Å²) in [6, 6.07) is 5.99. The lowest BCUT2D eigenvalue weighted by Crippen LogP contribution is -2.32. The number of carbonyl (C=O) groups is 1. The largest absolute Gasteiger partial charge is 0.385 e. The van der Waals surface area contributed by atoms with Gasteiger partial charge in [0.2, 0.25) is 0 Å². The lowest BCUT2D eigenvalue weighted by atomic mass is 10.1. The van der Waals surface area contributed by atoms with Gasteiger partial charge in [-0.3, -0.25) is 4.79 Å². The molecule has 1 N–H and O–H groups in total. The van der Waals surface area contributed by atoms with E-state index in [9.17, 15) is 4.79 Å². The summed E-state index contributed by atoms with van der Waals surface area (Å²) in [6.45, 7) is 6.95. The highest BCUT2D eigenvalue weighted by Gasteiger charge is 2.17. The molecule has 0 radical (unpaired) electrons. The van der Waals surface area contributed by atoms with Crippen molar-refractivity contribution in [2.45, 2.75) is 26.7 Å². The van der Waals surface area contributed by atoms with Crippen LogP contribution >= 0.6 is 11.8 Å². The van der Waals surface area contributed by atoms with E-state index < -0.39 is 0 Å². The van der Waals surface area contributed by atoms with Crippen molar-refractivity contribution in [2.24, 2.45) is 0 Å². The molecule has 3 nitrogen and oxygen atoms in total. The van der Waals surface area contributed by atoms with E-state index in [0.29, 0.717) is 0 Å². The Bertz CT molecular complexity index is 454. The Morgan fingerprint density at radius 3 is 2.95 bits per heavy atom. The third-order valence-corrected chi connectivity index (χ3v) is 4.60. The van der Waals surface area contributed by atoms with Crippen LogP contribution in [0, 0.1) is 6.92 Å². The van der Waals surface area contributed by atoms with E-state index in [1.165, 1.54) is 5.75 Å². The van der Waals surface area contributed by atoms with Gasteiger partial charge in [0.25, 0.3) is 5.91 Å². The minimum absolute atomic E-state index is 0.178. The molecule has 1 aromatic rings. The normalized spacial score (nSPS) is 15.8. The van der Waals surface area contributed by atoms with Crippen LogP contribution in [0.4, 0.5) is 5.69 Å². The van der Waals surface area contributed by atoms with Crippen LogP contribution in [0.25, 0.3) is 0 Å². The minimum Gasteiger partial charge on any atom is -0.385 e. The summed E-state index contributed by atoms with van der Waals surface area (Å²) < 4.78 is 0. The molecule has 20 heavy (non-hydrogen) atoms. The Morgan fingerprint density at radius 1 is 1.35 bits per heavy atom. The number of hydrogen-bond acceptors (Lipinski definition) is 3. The van der Waals surface area contributed by atoms with Gasteiger partial charge in [-0.15, -0.1) is 0 Å². The van der Waals surface area contributed by atoms with Crippen LogP contribution in [0.1, 0.15) is 35.7 Å². The smallest absolute Gasteiger partial charge is 0.253 e. The van der Waals surface area contributed by atoms with Gasteiger partial charge in [0.05, 0.1) is 0 Å². The molecule has 1 aliphatic rings. The molecule has 1 saturated heterocycles. The van der Waals surface area contributed by atoms with Gasteiger partial charge < -0.3 is 10.2 Å². The summed E-state index contributed by atoms with van der Waals surface area (Å²) in [5.74, 6) is 2.40. The van der Waals surface area contributed by atoms with Gasteiger partial charge in [-0.05, 0) is 49.3 Å². The van der Waals surface area contributed by atoms with Crippen molar-refractivity contribution in [3.05, 3.63) is 29.3 Å². The van der Waals surface area contributed by atoms with Gasteiger partial charge in [0, 0.05) is 36.6 Å². The zero-order valence-corrected chi connectivity index (χ0v) is 13.3. The van der Waals surface area contributed by atoms with Crippen molar-refractivity contribution in [1.82, 2.24) is 4.90 Å². The second-order valence-corrected chi connectivity index (χ2v) is 6.44. The Hall–Kier alpha value is -1.16. The number of amides is 1. The van der Waals surface area contributed by atoms with Gasteiger partial charge in [-0.1, -0.05) is 6.92 Å². The average Bonchev–Trinajstić information content (AvgIpc) is 2.74. The van der Waals surface area contributed by atoms with E-state index in [4.69, 9.17) is 0 Å². The van der Waals surface area contributed by atoms with Gasteiger partial charge in [-0.2, -0.15) is 11.8 Å². The fourth-order valence-corrected chi connectivity index (χ4v) is 3.27. The minimum atomic E-state index is 0.178. The fourth-order valence-electron chi connectivity index (χ4n) is 2.39. The van der Waals surface area contributed by atoms with Crippen molar-refractivity contribution < 1.29 is 4.79 Å². The SMILES string of the molecule is CCCNc1ccc(C(=O)N2CCCSCC2)cc1C. The molecule has 1 amide bonds. The van der Waals surface area contributed by atoms with Gasteiger partial charge >= 0.3 is 0 Å². The van der Waals surface area contributed by atoms with Gasteiger partial charge in [-0.25, -0.2) is 0 Å². The number of hydrogen-bond donors (Lipinski definition) is 1. The summed E-state index contributed by atoms with van der Waals surface area (Å²) >= 11 is 1.94. The van der Waals surface area contributed by atoms with Crippen LogP contribution in [-0.4, -0.2) is 41.9 Å². The number of benzene rings is 1. The van der Waals surface area contributed by atoms with E-state index in [2.05, 4.69) is 19.2 Å². The molecule has 1 aromatic carbocycles. The first kappa shape index (κ1) is 15.2. The molecular weight excluding hydrogens is 268 g/mol. The third-order valence-electron chi connectivity index (χ3n) is 3.55. The maximum Gasteiger partial charge on any atom is 0.253 e. The topological polar surface area (TPSA) is 32.3 Å². The van der Waals surface area contributed by atoms with Crippen LogP contribution < -0.4 is 5.32 Å². The van der Waals surface area contributed by atoms with E-state index in [1.54, 1.807) is 0 Å². The van der Waals surface area contributed by atoms with E-state index in [0.717, 1.165) is 55.0 Å². The first-order chi connectivity index (χ1) is 9.72. The number of nitrogens with zero attached hydrogens (tertiary/aromatic N) is 1. The summed E-state index contributed by atoms with van der Waals surface area (Å²) in [4.78, 5) is 14.5. The number of aryl methyl sites for hydroxylation is 1. The lowest BCUT2D eigenvalue weighted by molar-refractivity contribution is 0.0768. The zero-order chi connectivity index (χ0) is 14.4. The number of anilines is 1. The molecule has 0 aliphatic carbocycles. The Labute approximate surface area is 126 Å². The molecule has 0 bridgehead atoms. The molecular formula is C16H24N2OS. The molecule has 0 saturated carbocycles. The highest BCUT2D eigenvalue weighted by Crippen LogP contribution is 2.19. The predicted octanol–water partition coefficient (Wildman–Crippen LogP) is 3.40. The molecule has 0 spiro atoms. The van der Waals surface area contributed by atoms with E-state index in [1.807, 2.05) is 34.9 Å². The van der Waals surface area contributed by atoms with Crippen molar-refractivity contribution in [2.75, 3.05) is 36.5 Å². The standard InChI is InChI=1S/C16H24N2OS/c1-3-7-17-15-6-5-14(12-13(15)2)16(19)18-8-4-10-20-11-9-18/h5-6,12,17H,3-4,7-11H2,1-2H3. The lowest BCUT2D eigenvalue weighted by Gasteiger charge is -2.20. The molecule has 1 heterocycles. The number of nitrogens with one attached hydrogen (secondary N) is 1. The molecule has 1 aliphatic heterocycles. The maximum absolute atomic E-state index is 12.5. The van der Waals surface area contributed by atoms with Crippen LogP contribution in [0.2, 0.25) is 0 Å². The molecule has 2 rings (SSSR count). The van der Waals surface area contributed by atoms with Crippen molar-refractivity contribution in [3.8, 4) is 0 Å². The monoisotopic (exact) mass is 292 g/mol. The quantitative estimate of drug-likeness (QED) is 0.923. The molecule has 110 valence electrons. The Morgan fingerprint density at radius 2 is 2.20 bits per heavy atom. The van der Waals surface area contributed by atoms with Crippen LogP contribution in [0.3, 0.4) is 0 Å². The number of rotatable bonds is 4. The highest BCUT2D eigenvalue weighted by molar-refractivity contribution is 7.99. The first-order valence-electron chi connectivity index (χ1n) is 7.44. The Kier molecular flexibility index (Phi) is 5.77. The van der Waals surface area contributed by atoms with E-state index >= 15 is 0 Å². The zero-order valence-electron chi connectivity index (χ0n) is 12.4. The fraction of sp³-hybridized carbons (Fsp3) is 0.562. The Balaban J connectivity index is 2.07. The molecule has 4 heteroatoms. The number of thioether (sulfide) groups is 1. The number of carbonyl (C=O) groups excluding carboxylic acids is 1. The van der Waals surface area contributed by atoms with Crippen LogP contribution in [-0.2, 0) is 0 Å². The second-order valence-electron chi connectivity index (χ2n) is 5.21. The highest BCUT2D eigenvalue weighted by atomic mass is 32.2. The molecule has 0 atom stereocenters. The van der Waals surface area contributed by atoms with Gasteiger partial charge in [0.1, 0.15) is 0 Å².